The van der Waals surface area contributed by atoms with Crippen LogP contribution in [0.4, 0.5) is 4.79 Å². The quantitative estimate of drug-likeness (QED) is 0.656. The number of amides is 1. The highest BCUT2D eigenvalue weighted by atomic mass is 32.2. The number of hydrogen-bond donors (Lipinski definition) is 0. The molecule has 3 heteroatoms. The summed E-state index contributed by atoms with van der Waals surface area (Å²) in [5, 5.41) is 0.182. The minimum Gasteiger partial charge on any atom is -0.337 e. The molecule has 0 saturated carbocycles. The summed E-state index contributed by atoms with van der Waals surface area (Å²) in [6, 6.07) is 0. The summed E-state index contributed by atoms with van der Waals surface area (Å²) >= 11 is 1.40. The van der Waals surface area contributed by atoms with Crippen molar-refractivity contribution in [1.29, 1.82) is 0 Å². The Morgan fingerprint density at radius 1 is 1.55 bits per heavy atom. The van der Waals surface area contributed by atoms with Crippen molar-refractivity contribution in [1.82, 2.24) is 4.90 Å². The standard InChI is InChI=1S/C8H17NOS/c1-5-9(4)8(10)11-6-7(2)3/h7H,5-6H2,1-4H3. The molecule has 0 bridgehead atoms. The van der Waals surface area contributed by atoms with Crippen LogP contribution in [0.3, 0.4) is 0 Å². The number of carbonyl (C=O) groups excluding carboxylic acids is 1. The van der Waals surface area contributed by atoms with Crippen molar-refractivity contribution in [2.24, 2.45) is 5.92 Å². The first kappa shape index (κ1) is 10.8. The van der Waals surface area contributed by atoms with Gasteiger partial charge in [0.25, 0.3) is 5.24 Å². The summed E-state index contributed by atoms with van der Waals surface area (Å²) in [6.45, 7) is 7.01. The smallest absolute Gasteiger partial charge is 0.281 e. The minimum absolute atomic E-state index is 0.182. The van der Waals surface area contributed by atoms with Crippen LogP contribution in [0.2, 0.25) is 0 Å². The Hall–Kier alpha value is -0.180. The second-order valence-corrected chi connectivity index (χ2v) is 3.96. The molecule has 0 aromatic carbocycles. The summed E-state index contributed by atoms with van der Waals surface area (Å²) in [7, 11) is 1.83. The van der Waals surface area contributed by atoms with Crippen molar-refractivity contribution in [3.05, 3.63) is 0 Å². The van der Waals surface area contributed by atoms with E-state index in [9.17, 15) is 4.79 Å². The zero-order valence-electron chi connectivity index (χ0n) is 7.76. The number of carbonyl (C=O) groups is 1. The Morgan fingerprint density at radius 2 is 2.09 bits per heavy atom. The molecule has 0 aliphatic carbocycles. The molecule has 11 heavy (non-hydrogen) atoms. The van der Waals surface area contributed by atoms with E-state index in [-0.39, 0.29) is 5.24 Å². The molecule has 1 amide bonds. The summed E-state index contributed by atoms with van der Waals surface area (Å²) in [4.78, 5) is 12.9. The molecule has 66 valence electrons. The third kappa shape index (κ3) is 5.13. The molecule has 0 radical (unpaired) electrons. The maximum atomic E-state index is 11.2. The van der Waals surface area contributed by atoms with Gasteiger partial charge in [0.15, 0.2) is 0 Å². The Bertz CT molecular complexity index is 125. The van der Waals surface area contributed by atoms with Crippen LogP contribution in [0.5, 0.6) is 0 Å². The first-order chi connectivity index (χ1) is 5.07. The molecule has 0 aromatic rings. The summed E-state index contributed by atoms with van der Waals surface area (Å²) in [6.07, 6.45) is 0. The van der Waals surface area contributed by atoms with Crippen LogP contribution in [-0.2, 0) is 0 Å². The van der Waals surface area contributed by atoms with E-state index in [1.807, 2.05) is 14.0 Å². The van der Waals surface area contributed by atoms with Gasteiger partial charge < -0.3 is 4.90 Å². The van der Waals surface area contributed by atoms with E-state index in [4.69, 9.17) is 0 Å². The average Bonchev–Trinajstić information content (AvgIpc) is 1.98. The van der Waals surface area contributed by atoms with Gasteiger partial charge in [-0.25, -0.2) is 0 Å². The van der Waals surface area contributed by atoms with Crippen LogP contribution in [0.15, 0.2) is 0 Å². The van der Waals surface area contributed by atoms with E-state index < -0.39 is 0 Å². The van der Waals surface area contributed by atoms with Gasteiger partial charge >= 0.3 is 0 Å². The molecule has 0 unspecified atom stereocenters. The number of nitrogens with zero attached hydrogens (tertiary/aromatic N) is 1. The molecule has 0 atom stereocenters. The monoisotopic (exact) mass is 175 g/mol. The Labute approximate surface area is 73.3 Å². The molecular weight excluding hydrogens is 158 g/mol. The van der Waals surface area contributed by atoms with E-state index in [1.165, 1.54) is 11.8 Å². The van der Waals surface area contributed by atoms with Crippen LogP contribution in [0.25, 0.3) is 0 Å². The highest BCUT2D eigenvalue weighted by Gasteiger charge is 2.07. The van der Waals surface area contributed by atoms with Crippen molar-refractivity contribution in [2.75, 3.05) is 19.3 Å². The fraction of sp³-hybridized carbons (Fsp3) is 0.875. The molecule has 0 rings (SSSR count). The maximum absolute atomic E-state index is 11.2. The van der Waals surface area contributed by atoms with Gasteiger partial charge in [-0.15, -0.1) is 0 Å². The van der Waals surface area contributed by atoms with Crippen molar-refractivity contribution in [2.45, 2.75) is 20.8 Å². The molecule has 0 spiro atoms. The van der Waals surface area contributed by atoms with Gasteiger partial charge in [0, 0.05) is 19.3 Å². The van der Waals surface area contributed by atoms with Crippen molar-refractivity contribution >= 4 is 17.0 Å². The maximum Gasteiger partial charge on any atom is 0.281 e. The fourth-order valence-electron chi connectivity index (χ4n) is 0.477. The van der Waals surface area contributed by atoms with Gasteiger partial charge in [-0.2, -0.15) is 0 Å². The van der Waals surface area contributed by atoms with Gasteiger partial charge in [-0.1, -0.05) is 25.6 Å². The second-order valence-electron chi connectivity index (χ2n) is 2.98. The van der Waals surface area contributed by atoms with Gasteiger partial charge in [-0.05, 0) is 12.8 Å². The Morgan fingerprint density at radius 3 is 2.45 bits per heavy atom. The highest BCUT2D eigenvalue weighted by molar-refractivity contribution is 8.13. The molecule has 0 aromatic heterocycles. The third-order valence-electron chi connectivity index (χ3n) is 1.33. The molecule has 0 N–H and O–H groups in total. The Kier molecular flexibility index (Phi) is 5.38. The lowest BCUT2D eigenvalue weighted by Gasteiger charge is -2.13. The van der Waals surface area contributed by atoms with E-state index in [0.717, 1.165) is 12.3 Å². The Balaban J connectivity index is 3.52. The number of hydrogen-bond acceptors (Lipinski definition) is 2. The molecule has 2 nitrogen and oxygen atoms in total. The first-order valence-corrected chi connectivity index (χ1v) is 4.94. The first-order valence-electron chi connectivity index (χ1n) is 3.95. The fourth-order valence-corrected chi connectivity index (χ4v) is 1.30. The molecule has 0 heterocycles. The summed E-state index contributed by atoms with van der Waals surface area (Å²) < 4.78 is 0. The van der Waals surface area contributed by atoms with Crippen molar-refractivity contribution in [3.8, 4) is 0 Å². The SMILES string of the molecule is CCN(C)C(=O)SCC(C)C. The van der Waals surface area contributed by atoms with Crippen LogP contribution < -0.4 is 0 Å². The lowest BCUT2D eigenvalue weighted by atomic mass is 10.3. The zero-order chi connectivity index (χ0) is 8.85. The predicted molar refractivity (Wildman–Crippen MR) is 51.0 cm³/mol. The number of thioether (sulfide) groups is 1. The van der Waals surface area contributed by atoms with E-state index in [2.05, 4.69) is 13.8 Å². The molecule has 0 aliphatic rings. The van der Waals surface area contributed by atoms with E-state index in [0.29, 0.717) is 5.92 Å². The largest absolute Gasteiger partial charge is 0.337 e. The normalized spacial score (nSPS) is 10.3. The summed E-state index contributed by atoms with van der Waals surface area (Å²) in [5.74, 6) is 1.51. The average molecular weight is 175 g/mol. The lowest BCUT2D eigenvalue weighted by Crippen LogP contribution is -2.22. The molecule has 0 aliphatic heterocycles. The zero-order valence-corrected chi connectivity index (χ0v) is 8.57. The highest BCUT2D eigenvalue weighted by Crippen LogP contribution is 2.11. The number of rotatable bonds is 3. The van der Waals surface area contributed by atoms with Gasteiger partial charge in [0.2, 0.25) is 0 Å². The third-order valence-corrected chi connectivity index (χ3v) is 2.72. The lowest BCUT2D eigenvalue weighted by molar-refractivity contribution is 0.235. The molecule has 0 fully saturated rings. The topological polar surface area (TPSA) is 20.3 Å². The van der Waals surface area contributed by atoms with Crippen LogP contribution >= 0.6 is 11.8 Å². The van der Waals surface area contributed by atoms with Gasteiger partial charge in [0.05, 0.1) is 0 Å². The van der Waals surface area contributed by atoms with E-state index in [1.54, 1.807) is 4.90 Å². The van der Waals surface area contributed by atoms with Gasteiger partial charge in [-0.3, -0.25) is 4.79 Å². The van der Waals surface area contributed by atoms with E-state index >= 15 is 0 Å². The second kappa shape index (κ2) is 5.47. The van der Waals surface area contributed by atoms with Crippen LogP contribution in [-0.4, -0.2) is 29.5 Å². The summed E-state index contributed by atoms with van der Waals surface area (Å²) in [5.41, 5.74) is 0. The molecular formula is C8H17NOS. The van der Waals surface area contributed by atoms with Crippen LogP contribution in [0.1, 0.15) is 20.8 Å². The van der Waals surface area contributed by atoms with Crippen LogP contribution in [0, 0.1) is 5.92 Å². The van der Waals surface area contributed by atoms with Crippen molar-refractivity contribution < 1.29 is 4.79 Å². The molecule has 0 saturated heterocycles. The van der Waals surface area contributed by atoms with Gasteiger partial charge in [0.1, 0.15) is 0 Å². The van der Waals surface area contributed by atoms with Crippen molar-refractivity contribution in [3.63, 3.8) is 0 Å². The minimum atomic E-state index is 0.182. The predicted octanol–water partition coefficient (Wildman–Crippen LogP) is 2.45.